The number of ether oxygens (including phenoxy) is 3. The molecule has 0 aromatic carbocycles. The first kappa shape index (κ1) is 25.9. The molecule has 2 atom stereocenters. The number of Topliss-reactive ketones (excluding diaryl/α,β-unsaturated/α-hetero) is 1. The van der Waals surface area contributed by atoms with E-state index in [1.807, 2.05) is 0 Å². The van der Waals surface area contributed by atoms with Gasteiger partial charge in [-0.1, -0.05) is 6.08 Å². The molecule has 1 fully saturated rings. The Morgan fingerprint density at radius 3 is 2.24 bits per heavy atom. The first-order chi connectivity index (χ1) is 13.9. The maximum Gasteiger partial charge on any atom is 0.337 e. The van der Waals surface area contributed by atoms with Gasteiger partial charge in [0.05, 0.1) is 19.8 Å². The van der Waals surface area contributed by atoms with Crippen molar-refractivity contribution in [3.63, 3.8) is 0 Å². The molecular weight excluding hydrogens is 374 g/mol. The summed E-state index contributed by atoms with van der Waals surface area (Å²) in [5.41, 5.74) is 6.93. The van der Waals surface area contributed by atoms with Crippen LogP contribution in [0.3, 0.4) is 0 Å². The van der Waals surface area contributed by atoms with Gasteiger partial charge in [-0.3, -0.25) is 4.79 Å². The van der Waals surface area contributed by atoms with Gasteiger partial charge in [0.25, 0.3) is 0 Å². The minimum atomic E-state index is -0.562. The number of esters is 2. The fourth-order valence-electron chi connectivity index (χ4n) is 2.84. The summed E-state index contributed by atoms with van der Waals surface area (Å²) >= 11 is 0. The first-order valence-corrected chi connectivity index (χ1v) is 8.83. The van der Waals surface area contributed by atoms with Crippen LogP contribution in [0.5, 0.6) is 0 Å². The Bertz CT molecular complexity index is 720. The summed E-state index contributed by atoms with van der Waals surface area (Å²) in [5, 5.41) is 0. The van der Waals surface area contributed by atoms with Crippen molar-refractivity contribution in [3.8, 4) is 25.7 Å². The standard InChI is InChI=1S/C18H23NO6.2C2H2/c1-23-17(21)12-6-7-13(18(22)24-2)9-11(8-12)10-14(20)15-4-3-5-16(19)25-15;2*1-2/h6,8-9,15-16H,3-5,7,10,19H2,1-2H3;2*1-2H/t15-,16+;;/m0../s1. The number of ketones is 1. The number of hydrogen-bond acceptors (Lipinski definition) is 7. The minimum absolute atomic E-state index is 0.0339. The molecule has 2 rings (SSSR count). The van der Waals surface area contributed by atoms with Crippen LogP contribution in [0.4, 0.5) is 0 Å². The highest BCUT2D eigenvalue weighted by Crippen LogP contribution is 2.24. The molecule has 1 saturated heterocycles. The van der Waals surface area contributed by atoms with Gasteiger partial charge in [-0.25, -0.2) is 9.59 Å². The largest absolute Gasteiger partial charge is 0.466 e. The molecule has 7 nitrogen and oxygen atoms in total. The Labute approximate surface area is 171 Å². The molecule has 29 heavy (non-hydrogen) atoms. The molecule has 1 aliphatic heterocycles. The number of terminal acetylenes is 2. The second kappa shape index (κ2) is 14.0. The predicted octanol–water partition coefficient (Wildman–Crippen LogP) is 1.83. The second-order valence-electron chi connectivity index (χ2n) is 5.97. The third kappa shape index (κ3) is 8.18. The average Bonchev–Trinajstić information content (AvgIpc) is 2.98. The van der Waals surface area contributed by atoms with Gasteiger partial charge in [0.15, 0.2) is 5.78 Å². The molecule has 0 amide bonds. The van der Waals surface area contributed by atoms with Crippen LogP contribution < -0.4 is 5.73 Å². The van der Waals surface area contributed by atoms with Gasteiger partial charge in [-0.15, -0.1) is 25.7 Å². The Morgan fingerprint density at radius 2 is 1.69 bits per heavy atom. The van der Waals surface area contributed by atoms with Crippen molar-refractivity contribution in [2.45, 2.75) is 44.4 Å². The quantitative estimate of drug-likeness (QED) is 0.553. The SMILES string of the molecule is C#C.C#C.COC(=O)C1=CCC(C(=O)OC)=CC(CC(=O)[C@@H]2CCC[C@H](N)O2)=C1. The van der Waals surface area contributed by atoms with Crippen LogP contribution >= 0.6 is 0 Å². The van der Waals surface area contributed by atoms with Crippen molar-refractivity contribution in [3.05, 3.63) is 34.9 Å². The first-order valence-electron chi connectivity index (χ1n) is 8.83. The van der Waals surface area contributed by atoms with Crippen LogP contribution in [0.2, 0.25) is 0 Å². The molecule has 7 heteroatoms. The van der Waals surface area contributed by atoms with Gasteiger partial charge >= 0.3 is 11.9 Å². The van der Waals surface area contributed by atoms with E-state index in [0.717, 1.165) is 12.8 Å². The lowest BCUT2D eigenvalue weighted by molar-refractivity contribution is -0.138. The normalized spacial score (nSPS) is 20.4. The van der Waals surface area contributed by atoms with Crippen molar-refractivity contribution >= 4 is 17.7 Å². The van der Waals surface area contributed by atoms with Crippen LogP contribution in [-0.2, 0) is 28.6 Å². The molecule has 0 radical (unpaired) electrons. The lowest BCUT2D eigenvalue weighted by atomic mass is 9.97. The maximum atomic E-state index is 12.5. The van der Waals surface area contributed by atoms with Gasteiger partial charge in [0.1, 0.15) is 12.3 Å². The fraction of sp³-hybridized carbons (Fsp3) is 0.409. The Balaban J connectivity index is 0.00000184. The van der Waals surface area contributed by atoms with E-state index >= 15 is 0 Å². The van der Waals surface area contributed by atoms with Crippen molar-refractivity contribution in [1.82, 2.24) is 0 Å². The highest BCUT2D eigenvalue weighted by molar-refractivity contribution is 5.95. The predicted molar refractivity (Wildman–Crippen MR) is 109 cm³/mol. The van der Waals surface area contributed by atoms with Gasteiger partial charge in [-0.05, 0) is 43.4 Å². The number of rotatable bonds is 5. The molecular formula is C22H27NO6. The zero-order valence-corrected chi connectivity index (χ0v) is 16.8. The number of hydrogen-bond donors (Lipinski definition) is 1. The lowest BCUT2D eigenvalue weighted by Gasteiger charge is -2.26. The van der Waals surface area contributed by atoms with E-state index in [0.29, 0.717) is 23.1 Å². The zero-order valence-electron chi connectivity index (χ0n) is 16.8. The summed E-state index contributed by atoms with van der Waals surface area (Å²) in [5.74, 6) is -1.16. The molecule has 156 valence electrons. The molecule has 0 unspecified atom stereocenters. The van der Waals surface area contributed by atoms with Gasteiger partial charge in [-0.2, -0.15) is 0 Å². The van der Waals surface area contributed by atoms with Crippen molar-refractivity contribution in [2.24, 2.45) is 5.73 Å². The number of nitrogens with two attached hydrogens (primary N) is 1. The van der Waals surface area contributed by atoms with Crippen LogP contribution in [-0.4, -0.2) is 44.3 Å². The van der Waals surface area contributed by atoms with Crippen molar-refractivity contribution < 1.29 is 28.6 Å². The molecule has 2 N–H and O–H groups in total. The Kier molecular flexibility index (Phi) is 12.4. The second-order valence-corrected chi connectivity index (χ2v) is 5.97. The highest BCUT2D eigenvalue weighted by Gasteiger charge is 2.27. The monoisotopic (exact) mass is 401 g/mol. The van der Waals surface area contributed by atoms with Gasteiger partial charge in [0.2, 0.25) is 0 Å². The van der Waals surface area contributed by atoms with Gasteiger partial charge < -0.3 is 19.9 Å². The van der Waals surface area contributed by atoms with E-state index in [4.69, 9.17) is 19.9 Å². The fourth-order valence-corrected chi connectivity index (χ4v) is 2.84. The molecule has 2 aliphatic rings. The molecule has 0 aromatic heterocycles. The summed E-state index contributed by atoms with van der Waals surface area (Å²) < 4.78 is 15.0. The topological polar surface area (TPSA) is 105 Å². The minimum Gasteiger partial charge on any atom is -0.466 e. The molecule has 0 aromatic rings. The maximum absolute atomic E-state index is 12.5. The van der Waals surface area contributed by atoms with E-state index in [-0.39, 0.29) is 18.6 Å². The van der Waals surface area contributed by atoms with Crippen LogP contribution in [0.15, 0.2) is 34.9 Å². The van der Waals surface area contributed by atoms with E-state index in [9.17, 15) is 14.4 Å². The third-order valence-electron chi connectivity index (χ3n) is 4.14. The number of carbonyl (C=O) groups excluding carboxylic acids is 3. The molecule has 0 spiro atoms. The van der Waals surface area contributed by atoms with Gasteiger partial charge in [0, 0.05) is 12.0 Å². The third-order valence-corrected chi connectivity index (χ3v) is 4.14. The molecule has 0 bridgehead atoms. The molecule has 1 aliphatic carbocycles. The summed E-state index contributed by atoms with van der Waals surface area (Å²) in [4.78, 5) is 36.2. The van der Waals surface area contributed by atoms with E-state index in [1.165, 1.54) is 14.2 Å². The van der Waals surface area contributed by atoms with Crippen LogP contribution in [0.25, 0.3) is 0 Å². The van der Waals surface area contributed by atoms with E-state index in [1.54, 1.807) is 18.2 Å². The Morgan fingerprint density at radius 1 is 1.07 bits per heavy atom. The Hall–Kier alpha value is -3.13. The number of allylic oxidation sites excluding steroid dienone is 3. The van der Waals surface area contributed by atoms with E-state index < -0.39 is 24.3 Å². The molecule has 0 saturated carbocycles. The summed E-state index contributed by atoms with van der Waals surface area (Å²) in [7, 11) is 2.56. The highest BCUT2D eigenvalue weighted by atomic mass is 16.5. The molecule has 1 heterocycles. The van der Waals surface area contributed by atoms with E-state index in [2.05, 4.69) is 25.7 Å². The number of carbonyl (C=O) groups is 3. The number of methoxy groups -OCH3 is 2. The summed E-state index contributed by atoms with van der Waals surface area (Å²) in [6.07, 6.45) is 22.2. The summed E-state index contributed by atoms with van der Waals surface area (Å²) in [6.45, 7) is 0. The smallest absolute Gasteiger partial charge is 0.337 e. The van der Waals surface area contributed by atoms with Crippen molar-refractivity contribution in [1.29, 1.82) is 0 Å². The average molecular weight is 401 g/mol. The van der Waals surface area contributed by atoms with Crippen molar-refractivity contribution in [2.75, 3.05) is 14.2 Å². The van der Waals surface area contributed by atoms with Crippen LogP contribution in [0.1, 0.15) is 32.1 Å². The lowest BCUT2D eigenvalue weighted by Crippen LogP contribution is -2.38. The summed E-state index contributed by atoms with van der Waals surface area (Å²) in [6, 6.07) is 0. The van der Waals surface area contributed by atoms with Crippen LogP contribution in [0, 0.1) is 25.7 Å². The zero-order chi connectivity index (χ0) is 22.4.